The summed E-state index contributed by atoms with van der Waals surface area (Å²) in [6.07, 6.45) is 12.2. The molecule has 2 aliphatic carbocycles. The lowest BCUT2D eigenvalue weighted by Gasteiger charge is -2.29. The Morgan fingerprint density at radius 3 is 2.68 bits per heavy atom. The fourth-order valence-corrected chi connectivity index (χ4v) is 4.08. The third-order valence-corrected chi connectivity index (χ3v) is 5.97. The predicted octanol–water partition coefficient (Wildman–Crippen LogP) is 2.79. The van der Waals surface area contributed by atoms with Gasteiger partial charge in [-0.15, -0.1) is 0 Å². The van der Waals surface area contributed by atoms with Gasteiger partial charge in [-0.05, 0) is 56.9 Å². The van der Waals surface area contributed by atoms with Gasteiger partial charge in [-0.25, -0.2) is 9.97 Å². The van der Waals surface area contributed by atoms with E-state index in [0.717, 1.165) is 55.5 Å². The number of ether oxygens (including phenoxy) is 1. The van der Waals surface area contributed by atoms with E-state index in [4.69, 9.17) is 9.72 Å². The monoisotopic (exact) mass is 384 g/mol. The summed E-state index contributed by atoms with van der Waals surface area (Å²) >= 11 is 0. The largest absolute Gasteiger partial charge is 0.383 e. The number of aromatic nitrogens is 4. The third kappa shape index (κ3) is 4.89. The molecule has 0 aliphatic heterocycles. The summed E-state index contributed by atoms with van der Waals surface area (Å²) < 4.78 is 7.12. The lowest BCUT2D eigenvalue weighted by Crippen LogP contribution is -2.38. The van der Waals surface area contributed by atoms with Crippen molar-refractivity contribution in [3.8, 4) is 11.3 Å². The highest BCUT2D eigenvalue weighted by molar-refractivity contribution is 5.62. The first-order valence-electron chi connectivity index (χ1n) is 10.6. The van der Waals surface area contributed by atoms with Crippen LogP contribution in [0.4, 0.5) is 5.95 Å². The topological polar surface area (TPSA) is 76.9 Å². The molecular formula is C21H32N6O. The summed E-state index contributed by atoms with van der Waals surface area (Å²) in [5.41, 5.74) is 3.40. The number of hydrogen-bond donors (Lipinski definition) is 2. The van der Waals surface area contributed by atoms with Crippen LogP contribution >= 0.6 is 0 Å². The van der Waals surface area contributed by atoms with Gasteiger partial charge in [0.15, 0.2) is 0 Å². The van der Waals surface area contributed by atoms with Gasteiger partial charge >= 0.3 is 0 Å². The van der Waals surface area contributed by atoms with Crippen molar-refractivity contribution in [1.82, 2.24) is 25.1 Å². The molecule has 0 saturated heterocycles. The van der Waals surface area contributed by atoms with Crippen molar-refractivity contribution in [3.63, 3.8) is 0 Å². The highest BCUT2D eigenvalue weighted by Gasteiger charge is 2.26. The van der Waals surface area contributed by atoms with Gasteiger partial charge in [-0.1, -0.05) is 0 Å². The number of nitrogens with one attached hydrogen (secondary N) is 2. The van der Waals surface area contributed by atoms with E-state index in [-0.39, 0.29) is 0 Å². The minimum Gasteiger partial charge on any atom is -0.383 e. The number of rotatable bonds is 9. The smallest absolute Gasteiger partial charge is 0.223 e. The highest BCUT2D eigenvalue weighted by Crippen LogP contribution is 2.35. The minimum absolute atomic E-state index is 0.440. The van der Waals surface area contributed by atoms with Crippen LogP contribution in [-0.2, 0) is 18.2 Å². The van der Waals surface area contributed by atoms with Crippen molar-refractivity contribution in [2.45, 2.75) is 57.0 Å². The number of nitrogens with zero attached hydrogens (tertiary/aromatic N) is 4. The van der Waals surface area contributed by atoms with Crippen LogP contribution in [0.3, 0.4) is 0 Å². The molecule has 2 fully saturated rings. The van der Waals surface area contributed by atoms with Gasteiger partial charge in [-0.3, -0.25) is 4.68 Å². The molecule has 2 aromatic heterocycles. The van der Waals surface area contributed by atoms with Gasteiger partial charge in [0.1, 0.15) is 0 Å². The molecular weight excluding hydrogens is 352 g/mol. The zero-order valence-corrected chi connectivity index (χ0v) is 17.0. The van der Waals surface area contributed by atoms with Gasteiger partial charge < -0.3 is 15.4 Å². The van der Waals surface area contributed by atoms with Crippen molar-refractivity contribution in [1.29, 1.82) is 0 Å². The Balaban J connectivity index is 1.36. The van der Waals surface area contributed by atoms with Crippen molar-refractivity contribution in [2.75, 3.05) is 25.6 Å². The number of aryl methyl sites for hydroxylation is 1. The molecule has 2 saturated carbocycles. The maximum absolute atomic E-state index is 5.12. The van der Waals surface area contributed by atoms with Gasteiger partial charge in [0.2, 0.25) is 5.95 Å². The first kappa shape index (κ1) is 19.3. The van der Waals surface area contributed by atoms with E-state index in [1.807, 2.05) is 30.2 Å². The van der Waals surface area contributed by atoms with Gasteiger partial charge in [0.25, 0.3) is 0 Å². The van der Waals surface area contributed by atoms with Gasteiger partial charge in [0, 0.05) is 50.2 Å². The molecule has 0 atom stereocenters. The fourth-order valence-electron chi connectivity index (χ4n) is 4.08. The van der Waals surface area contributed by atoms with E-state index in [0.29, 0.717) is 12.1 Å². The highest BCUT2D eigenvalue weighted by atomic mass is 16.5. The molecule has 0 spiro atoms. The van der Waals surface area contributed by atoms with E-state index in [9.17, 15) is 0 Å². The van der Waals surface area contributed by atoms with Crippen LogP contribution in [0.25, 0.3) is 11.3 Å². The lowest BCUT2D eigenvalue weighted by atomic mass is 9.91. The molecule has 28 heavy (non-hydrogen) atoms. The third-order valence-electron chi connectivity index (χ3n) is 5.97. The molecule has 0 bridgehead atoms. The number of anilines is 1. The van der Waals surface area contributed by atoms with Crippen molar-refractivity contribution in [3.05, 3.63) is 24.2 Å². The maximum Gasteiger partial charge on any atom is 0.223 e. The van der Waals surface area contributed by atoms with Crippen LogP contribution in [-0.4, -0.2) is 52.1 Å². The van der Waals surface area contributed by atoms with Crippen LogP contribution in [0.5, 0.6) is 0 Å². The molecule has 2 aromatic rings. The second-order valence-corrected chi connectivity index (χ2v) is 8.18. The summed E-state index contributed by atoms with van der Waals surface area (Å²) in [4.78, 5) is 9.28. The second-order valence-electron chi connectivity index (χ2n) is 8.18. The molecule has 2 N–H and O–H groups in total. The SMILES string of the molecule is COCCNC1CCC(Nc2nccc(-c3cnn(C)c3CC3CC3)n2)CC1. The van der Waals surface area contributed by atoms with Crippen LogP contribution in [0.2, 0.25) is 0 Å². The summed E-state index contributed by atoms with van der Waals surface area (Å²) in [7, 11) is 3.78. The first-order chi connectivity index (χ1) is 13.7. The zero-order chi connectivity index (χ0) is 19.3. The molecule has 7 nitrogen and oxygen atoms in total. The van der Waals surface area contributed by atoms with E-state index < -0.39 is 0 Å². The number of hydrogen-bond acceptors (Lipinski definition) is 6. The standard InChI is InChI=1S/C21H32N6O/c1-27-20(13-15-3-4-15)18(14-24-27)19-9-10-23-21(26-19)25-17-7-5-16(6-8-17)22-11-12-28-2/h9-10,14-17,22H,3-8,11-13H2,1-2H3,(H,23,25,26). The lowest BCUT2D eigenvalue weighted by molar-refractivity contribution is 0.191. The molecule has 0 amide bonds. The summed E-state index contributed by atoms with van der Waals surface area (Å²) in [6, 6.07) is 3.03. The molecule has 0 radical (unpaired) electrons. The van der Waals surface area contributed by atoms with Crippen molar-refractivity contribution < 1.29 is 4.74 Å². The Morgan fingerprint density at radius 1 is 1.14 bits per heavy atom. The van der Waals surface area contributed by atoms with Crippen LogP contribution < -0.4 is 10.6 Å². The average Bonchev–Trinajstić information content (AvgIpc) is 3.46. The fraction of sp³-hybridized carbons (Fsp3) is 0.667. The molecule has 4 rings (SSSR count). The molecule has 2 heterocycles. The van der Waals surface area contributed by atoms with Crippen LogP contribution in [0.1, 0.15) is 44.2 Å². The second kappa shape index (κ2) is 9.01. The van der Waals surface area contributed by atoms with Crippen LogP contribution in [0.15, 0.2) is 18.5 Å². The normalized spacial score (nSPS) is 22.4. The van der Waals surface area contributed by atoms with Crippen molar-refractivity contribution in [2.24, 2.45) is 13.0 Å². The summed E-state index contributed by atoms with van der Waals surface area (Å²) in [5, 5.41) is 11.6. The average molecular weight is 385 g/mol. The molecule has 0 aromatic carbocycles. The quantitative estimate of drug-likeness (QED) is 0.648. The molecule has 0 unspecified atom stereocenters. The Bertz CT molecular complexity index is 764. The van der Waals surface area contributed by atoms with E-state index in [1.165, 1.54) is 31.4 Å². The predicted molar refractivity (Wildman–Crippen MR) is 110 cm³/mol. The van der Waals surface area contributed by atoms with Gasteiger partial charge in [-0.2, -0.15) is 5.10 Å². The van der Waals surface area contributed by atoms with Crippen molar-refractivity contribution >= 4 is 5.95 Å². The Hall–Kier alpha value is -1.99. The van der Waals surface area contributed by atoms with E-state index in [2.05, 4.69) is 20.7 Å². The summed E-state index contributed by atoms with van der Waals surface area (Å²) in [6.45, 7) is 1.70. The number of methoxy groups -OCH3 is 1. The molecule has 2 aliphatic rings. The molecule has 7 heteroatoms. The Kier molecular flexibility index (Phi) is 6.22. The zero-order valence-electron chi connectivity index (χ0n) is 17.0. The summed E-state index contributed by atoms with van der Waals surface area (Å²) in [5.74, 6) is 1.55. The van der Waals surface area contributed by atoms with Crippen LogP contribution in [0, 0.1) is 5.92 Å². The first-order valence-corrected chi connectivity index (χ1v) is 10.6. The minimum atomic E-state index is 0.440. The maximum atomic E-state index is 5.12. The van der Waals surface area contributed by atoms with E-state index >= 15 is 0 Å². The Labute approximate surface area is 167 Å². The van der Waals surface area contributed by atoms with E-state index in [1.54, 1.807) is 7.11 Å². The molecule has 152 valence electrons. The Morgan fingerprint density at radius 2 is 1.93 bits per heavy atom. The van der Waals surface area contributed by atoms with Gasteiger partial charge in [0.05, 0.1) is 18.5 Å².